The quantitative estimate of drug-likeness (QED) is 0.808. The minimum Gasteiger partial charge on any atom is -0.474 e. The van der Waals surface area contributed by atoms with Crippen LogP contribution >= 0.6 is 0 Å². The van der Waals surface area contributed by atoms with Crippen LogP contribution in [-0.2, 0) is 9.53 Å². The lowest BCUT2D eigenvalue weighted by molar-refractivity contribution is -0.143. The molecule has 0 N–H and O–H groups in total. The predicted octanol–water partition coefficient (Wildman–Crippen LogP) is 2.97. The van der Waals surface area contributed by atoms with Crippen molar-refractivity contribution in [3.8, 4) is 5.88 Å². The molecule has 0 spiro atoms. The molecule has 1 fully saturated rings. The molecule has 1 aliphatic heterocycles. The smallest absolute Gasteiger partial charge is 0.248 e. The van der Waals surface area contributed by atoms with E-state index in [1.54, 1.807) is 6.20 Å². The number of rotatable bonds is 6. The summed E-state index contributed by atoms with van der Waals surface area (Å²) in [6.07, 6.45) is 4.44. The lowest BCUT2D eigenvalue weighted by atomic mass is 10.1. The highest BCUT2D eigenvalue weighted by Crippen LogP contribution is 2.19. The first-order valence-electron chi connectivity index (χ1n) is 8.40. The van der Waals surface area contributed by atoms with Gasteiger partial charge in [-0.25, -0.2) is 4.98 Å². The second-order valence-electron chi connectivity index (χ2n) is 6.77. The topological polar surface area (TPSA) is 51.7 Å². The van der Waals surface area contributed by atoms with Crippen molar-refractivity contribution in [2.75, 3.05) is 19.7 Å². The Morgan fingerprint density at radius 3 is 2.70 bits per heavy atom. The van der Waals surface area contributed by atoms with Crippen molar-refractivity contribution < 1.29 is 14.3 Å². The number of pyridine rings is 1. The van der Waals surface area contributed by atoms with Gasteiger partial charge in [0.05, 0.1) is 5.60 Å². The summed E-state index contributed by atoms with van der Waals surface area (Å²) in [5, 5.41) is 0. The van der Waals surface area contributed by atoms with Crippen molar-refractivity contribution in [2.24, 2.45) is 0 Å². The Balaban J connectivity index is 1.76. The van der Waals surface area contributed by atoms with Crippen molar-refractivity contribution in [1.82, 2.24) is 9.88 Å². The number of aromatic nitrogens is 1. The van der Waals surface area contributed by atoms with Crippen molar-refractivity contribution in [2.45, 2.75) is 58.7 Å². The Morgan fingerprint density at radius 2 is 2.09 bits per heavy atom. The Labute approximate surface area is 139 Å². The minimum absolute atomic E-state index is 0.0682. The number of likely N-dealkylation sites (tertiary alicyclic amines) is 1. The average molecular weight is 320 g/mol. The van der Waals surface area contributed by atoms with Crippen LogP contribution in [0.25, 0.3) is 0 Å². The molecule has 0 saturated carbocycles. The van der Waals surface area contributed by atoms with E-state index in [-0.39, 0.29) is 24.2 Å². The van der Waals surface area contributed by atoms with Crippen molar-refractivity contribution >= 4 is 5.91 Å². The van der Waals surface area contributed by atoms with E-state index >= 15 is 0 Å². The summed E-state index contributed by atoms with van der Waals surface area (Å²) >= 11 is 0. The van der Waals surface area contributed by atoms with Gasteiger partial charge in [-0.3, -0.25) is 4.79 Å². The average Bonchev–Trinajstić information content (AvgIpc) is 2.53. The summed E-state index contributed by atoms with van der Waals surface area (Å²) in [7, 11) is 0. The second-order valence-corrected chi connectivity index (χ2v) is 6.77. The number of amides is 1. The fraction of sp³-hybridized carbons (Fsp3) is 0.667. The fourth-order valence-electron chi connectivity index (χ4n) is 2.42. The van der Waals surface area contributed by atoms with Gasteiger partial charge in [0.1, 0.15) is 12.7 Å². The van der Waals surface area contributed by atoms with Gasteiger partial charge in [-0.2, -0.15) is 0 Å². The highest BCUT2D eigenvalue weighted by Gasteiger charge is 2.25. The lowest BCUT2D eigenvalue weighted by Crippen LogP contribution is -2.44. The molecule has 128 valence electrons. The van der Waals surface area contributed by atoms with Crippen LogP contribution in [0.4, 0.5) is 0 Å². The van der Waals surface area contributed by atoms with Crippen molar-refractivity contribution in [1.29, 1.82) is 0 Å². The van der Waals surface area contributed by atoms with Crippen molar-refractivity contribution in [3.63, 3.8) is 0 Å². The highest BCUT2D eigenvalue weighted by molar-refractivity contribution is 5.77. The molecular weight excluding hydrogens is 292 g/mol. The van der Waals surface area contributed by atoms with Gasteiger partial charge in [0, 0.05) is 38.2 Å². The number of aryl methyl sites for hydroxylation is 1. The van der Waals surface area contributed by atoms with Gasteiger partial charge in [0.15, 0.2) is 0 Å². The Morgan fingerprint density at radius 1 is 1.39 bits per heavy atom. The second kappa shape index (κ2) is 7.77. The number of carbonyl (C=O) groups excluding carboxylic acids is 1. The Hall–Kier alpha value is -1.62. The molecule has 0 unspecified atom stereocenters. The van der Waals surface area contributed by atoms with Gasteiger partial charge >= 0.3 is 0 Å². The summed E-state index contributed by atoms with van der Waals surface area (Å²) in [6, 6.07) is 3.89. The molecule has 5 heteroatoms. The Kier molecular flexibility index (Phi) is 5.99. The molecule has 1 aromatic rings. The highest BCUT2D eigenvalue weighted by atomic mass is 16.5. The maximum Gasteiger partial charge on any atom is 0.248 e. The van der Waals surface area contributed by atoms with Crippen LogP contribution in [0.3, 0.4) is 0 Å². The van der Waals surface area contributed by atoms with Crippen LogP contribution in [-0.4, -0.2) is 47.2 Å². The van der Waals surface area contributed by atoms with Crippen LogP contribution in [0, 0.1) is 6.92 Å². The van der Waals surface area contributed by atoms with Crippen LogP contribution in [0.5, 0.6) is 5.88 Å². The van der Waals surface area contributed by atoms with Gasteiger partial charge in [-0.15, -0.1) is 0 Å². The summed E-state index contributed by atoms with van der Waals surface area (Å²) in [6.45, 7) is 9.69. The summed E-state index contributed by atoms with van der Waals surface area (Å²) in [5.41, 5.74) is 0.895. The lowest BCUT2D eigenvalue weighted by Gasteiger charge is -2.33. The first-order chi connectivity index (χ1) is 10.9. The summed E-state index contributed by atoms with van der Waals surface area (Å²) in [5.74, 6) is 0.737. The number of piperidine rings is 1. The van der Waals surface area contributed by atoms with Gasteiger partial charge in [-0.05, 0) is 38.8 Å². The third-order valence-corrected chi connectivity index (χ3v) is 4.41. The van der Waals surface area contributed by atoms with E-state index < -0.39 is 0 Å². The molecule has 0 bridgehead atoms. The number of hydrogen-bond donors (Lipinski definition) is 0. The number of nitrogens with zero attached hydrogens (tertiary/aromatic N) is 2. The molecule has 0 aliphatic carbocycles. The molecule has 23 heavy (non-hydrogen) atoms. The molecule has 0 radical (unpaired) electrons. The van der Waals surface area contributed by atoms with E-state index in [9.17, 15) is 4.79 Å². The fourth-order valence-corrected chi connectivity index (χ4v) is 2.42. The van der Waals surface area contributed by atoms with Gasteiger partial charge < -0.3 is 14.4 Å². The molecule has 2 heterocycles. The molecule has 0 atom stereocenters. The predicted molar refractivity (Wildman–Crippen MR) is 89.5 cm³/mol. The minimum atomic E-state index is -0.242. The molecule has 1 aliphatic rings. The molecule has 1 saturated heterocycles. The van der Waals surface area contributed by atoms with Crippen LogP contribution < -0.4 is 4.74 Å². The molecule has 0 aromatic carbocycles. The van der Waals surface area contributed by atoms with E-state index in [0.29, 0.717) is 19.0 Å². The largest absolute Gasteiger partial charge is 0.474 e. The normalized spacial score (nSPS) is 16.4. The molecule has 2 rings (SSSR count). The third-order valence-electron chi connectivity index (χ3n) is 4.41. The van der Waals surface area contributed by atoms with E-state index in [0.717, 1.165) is 24.8 Å². The number of ether oxygens (including phenoxy) is 2. The van der Waals surface area contributed by atoms with Gasteiger partial charge in [-0.1, -0.05) is 6.92 Å². The van der Waals surface area contributed by atoms with Crippen LogP contribution in [0.2, 0.25) is 0 Å². The summed E-state index contributed by atoms with van der Waals surface area (Å²) in [4.78, 5) is 18.3. The Bertz CT molecular complexity index is 523. The number of carbonyl (C=O) groups is 1. The first-order valence-corrected chi connectivity index (χ1v) is 8.40. The number of hydrogen-bond acceptors (Lipinski definition) is 4. The zero-order valence-corrected chi connectivity index (χ0v) is 14.7. The molecule has 1 amide bonds. The van der Waals surface area contributed by atoms with E-state index in [2.05, 4.69) is 11.9 Å². The third kappa shape index (κ3) is 5.50. The standard InChI is InChI=1S/C18H28N2O3/c1-5-18(3,4)22-13-17(21)20-10-7-15(8-11-20)23-16-12-14(2)6-9-19-16/h6,9,12,15H,5,7-8,10-11,13H2,1-4H3. The first kappa shape index (κ1) is 17.7. The van der Waals surface area contributed by atoms with E-state index in [1.807, 2.05) is 37.8 Å². The zero-order valence-electron chi connectivity index (χ0n) is 14.7. The maximum atomic E-state index is 12.2. The molecule has 5 nitrogen and oxygen atoms in total. The van der Waals surface area contributed by atoms with E-state index in [4.69, 9.17) is 9.47 Å². The van der Waals surface area contributed by atoms with Gasteiger partial charge in [0.25, 0.3) is 0 Å². The van der Waals surface area contributed by atoms with Crippen LogP contribution in [0.15, 0.2) is 18.3 Å². The molecular formula is C18H28N2O3. The van der Waals surface area contributed by atoms with Crippen LogP contribution in [0.1, 0.15) is 45.6 Å². The zero-order chi connectivity index (χ0) is 16.9. The SMILES string of the molecule is CCC(C)(C)OCC(=O)N1CCC(Oc2cc(C)ccn2)CC1. The monoisotopic (exact) mass is 320 g/mol. The van der Waals surface area contributed by atoms with Crippen molar-refractivity contribution in [3.05, 3.63) is 23.9 Å². The van der Waals surface area contributed by atoms with Gasteiger partial charge in [0.2, 0.25) is 11.8 Å². The molecule has 1 aromatic heterocycles. The van der Waals surface area contributed by atoms with E-state index in [1.165, 1.54) is 0 Å². The summed E-state index contributed by atoms with van der Waals surface area (Å²) < 4.78 is 11.6. The maximum absolute atomic E-state index is 12.2.